The van der Waals surface area contributed by atoms with E-state index in [1.807, 2.05) is 0 Å². The number of ether oxygens (including phenoxy) is 1. The Kier molecular flexibility index (Phi) is 3.97. The zero-order valence-electron chi connectivity index (χ0n) is 11.4. The average Bonchev–Trinajstić information content (AvgIpc) is 3.08. The second-order valence-corrected chi connectivity index (χ2v) is 5.96. The van der Waals surface area contributed by atoms with Gasteiger partial charge in [0.05, 0.1) is 16.1 Å². The Morgan fingerprint density at radius 3 is 2.64 bits per heavy atom. The molecule has 2 saturated heterocycles. The summed E-state index contributed by atoms with van der Waals surface area (Å²) in [5.74, 6) is -0.570. The van der Waals surface area contributed by atoms with E-state index in [0.717, 1.165) is 4.90 Å². The van der Waals surface area contributed by atoms with Crippen molar-refractivity contribution in [3.63, 3.8) is 0 Å². The van der Waals surface area contributed by atoms with Gasteiger partial charge >= 0.3 is 6.09 Å². The molecule has 1 aromatic carbocycles. The van der Waals surface area contributed by atoms with Gasteiger partial charge in [0.25, 0.3) is 11.8 Å². The van der Waals surface area contributed by atoms with Gasteiger partial charge in [-0.05, 0) is 24.6 Å². The normalized spacial score (nSPS) is 21.5. The molecule has 8 heteroatoms. The van der Waals surface area contributed by atoms with Gasteiger partial charge in [-0.1, -0.05) is 23.2 Å². The predicted molar refractivity (Wildman–Crippen MR) is 79.0 cm³/mol. The SMILES string of the molecule is O=C(c1ccc(Cl)c(Cl)c1)N1CC[C@H](N2C(=O)COC2=O)C1. The molecule has 0 unspecified atom stereocenters. The summed E-state index contributed by atoms with van der Waals surface area (Å²) in [5.41, 5.74) is 0.422. The molecule has 0 saturated carbocycles. The molecular formula is C14H12Cl2N2O4. The fourth-order valence-corrected chi connectivity index (χ4v) is 2.96. The van der Waals surface area contributed by atoms with Crippen LogP contribution in [0.5, 0.6) is 0 Å². The van der Waals surface area contributed by atoms with Crippen LogP contribution in [-0.4, -0.2) is 53.4 Å². The Hall–Kier alpha value is -1.79. The number of nitrogens with zero attached hydrogens (tertiary/aromatic N) is 2. The first kappa shape index (κ1) is 15.1. The van der Waals surface area contributed by atoms with E-state index in [-0.39, 0.29) is 24.5 Å². The van der Waals surface area contributed by atoms with Crippen LogP contribution in [0.2, 0.25) is 10.0 Å². The van der Waals surface area contributed by atoms with Gasteiger partial charge in [0.2, 0.25) is 0 Å². The van der Waals surface area contributed by atoms with Gasteiger partial charge < -0.3 is 9.64 Å². The lowest BCUT2D eigenvalue weighted by Gasteiger charge is -2.20. The highest BCUT2D eigenvalue weighted by Crippen LogP contribution is 2.25. The van der Waals surface area contributed by atoms with Crippen LogP contribution in [0, 0.1) is 0 Å². The Balaban J connectivity index is 1.72. The van der Waals surface area contributed by atoms with Crippen molar-refractivity contribution in [2.75, 3.05) is 19.7 Å². The maximum Gasteiger partial charge on any atom is 0.417 e. The van der Waals surface area contributed by atoms with Gasteiger partial charge in [0, 0.05) is 18.7 Å². The fraction of sp³-hybridized carbons (Fsp3) is 0.357. The smallest absolute Gasteiger partial charge is 0.417 e. The van der Waals surface area contributed by atoms with Crippen LogP contribution in [0.25, 0.3) is 0 Å². The highest BCUT2D eigenvalue weighted by atomic mass is 35.5. The van der Waals surface area contributed by atoms with E-state index >= 15 is 0 Å². The number of hydrogen-bond donors (Lipinski definition) is 0. The molecule has 1 atom stereocenters. The van der Waals surface area contributed by atoms with Gasteiger partial charge in [-0.15, -0.1) is 0 Å². The Labute approximate surface area is 136 Å². The number of carbonyl (C=O) groups excluding carboxylic acids is 3. The van der Waals surface area contributed by atoms with Crippen LogP contribution in [0.1, 0.15) is 16.8 Å². The number of halogens is 2. The molecule has 2 fully saturated rings. The number of benzene rings is 1. The van der Waals surface area contributed by atoms with Gasteiger partial charge in [-0.3, -0.25) is 9.59 Å². The van der Waals surface area contributed by atoms with Crippen molar-refractivity contribution >= 4 is 41.1 Å². The van der Waals surface area contributed by atoms with Crippen molar-refractivity contribution in [1.82, 2.24) is 9.80 Å². The number of amides is 3. The second kappa shape index (κ2) is 5.78. The van der Waals surface area contributed by atoms with Crippen LogP contribution < -0.4 is 0 Å². The molecule has 2 aliphatic heterocycles. The van der Waals surface area contributed by atoms with E-state index in [2.05, 4.69) is 0 Å². The highest BCUT2D eigenvalue weighted by molar-refractivity contribution is 6.42. The van der Waals surface area contributed by atoms with E-state index < -0.39 is 6.09 Å². The topological polar surface area (TPSA) is 66.9 Å². The monoisotopic (exact) mass is 342 g/mol. The summed E-state index contributed by atoms with van der Waals surface area (Å²) in [4.78, 5) is 38.3. The van der Waals surface area contributed by atoms with Gasteiger partial charge in [0.15, 0.2) is 6.61 Å². The number of carbonyl (C=O) groups is 3. The van der Waals surface area contributed by atoms with Crippen LogP contribution >= 0.6 is 23.2 Å². The minimum atomic E-state index is -0.640. The lowest BCUT2D eigenvalue weighted by Crippen LogP contribution is -2.42. The molecule has 22 heavy (non-hydrogen) atoms. The maximum absolute atomic E-state index is 12.4. The Morgan fingerprint density at radius 1 is 1.23 bits per heavy atom. The first-order chi connectivity index (χ1) is 10.5. The summed E-state index contributed by atoms with van der Waals surface area (Å²) < 4.78 is 4.70. The summed E-state index contributed by atoms with van der Waals surface area (Å²) >= 11 is 11.8. The quantitative estimate of drug-likeness (QED) is 0.826. The van der Waals surface area contributed by atoms with Crippen molar-refractivity contribution in [3.8, 4) is 0 Å². The van der Waals surface area contributed by atoms with Crippen LogP contribution in [-0.2, 0) is 9.53 Å². The summed E-state index contributed by atoms with van der Waals surface area (Å²) in [6, 6.07) is 4.33. The van der Waals surface area contributed by atoms with E-state index in [4.69, 9.17) is 27.9 Å². The van der Waals surface area contributed by atoms with E-state index in [9.17, 15) is 14.4 Å². The lowest BCUT2D eigenvalue weighted by atomic mass is 10.2. The molecule has 0 radical (unpaired) electrons. The Bertz CT molecular complexity index is 648. The fourth-order valence-electron chi connectivity index (χ4n) is 2.67. The van der Waals surface area contributed by atoms with Gasteiger partial charge in [0.1, 0.15) is 0 Å². The third-order valence-electron chi connectivity index (χ3n) is 3.77. The zero-order chi connectivity index (χ0) is 15.9. The number of hydrogen-bond acceptors (Lipinski definition) is 4. The molecule has 2 aliphatic rings. The third kappa shape index (κ3) is 2.64. The zero-order valence-corrected chi connectivity index (χ0v) is 12.9. The molecule has 0 aromatic heterocycles. The molecule has 2 heterocycles. The van der Waals surface area contributed by atoms with Gasteiger partial charge in [-0.2, -0.15) is 0 Å². The number of cyclic esters (lactones) is 1. The summed E-state index contributed by atoms with van der Waals surface area (Å²) in [7, 11) is 0. The Morgan fingerprint density at radius 2 is 2.00 bits per heavy atom. The van der Waals surface area contributed by atoms with E-state index in [0.29, 0.717) is 35.1 Å². The standard InChI is InChI=1S/C14H12Cl2N2O4/c15-10-2-1-8(5-11(10)16)13(20)17-4-3-9(6-17)18-12(19)7-22-14(18)21/h1-2,5,9H,3-4,6-7H2/t9-/m0/s1. The van der Waals surface area contributed by atoms with Crippen LogP contribution in [0.3, 0.4) is 0 Å². The van der Waals surface area contributed by atoms with E-state index in [1.165, 1.54) is 6.07 Å². The molecule has 1 aromatic rings. The minimum absolute atomic E-state index is 0.207. The largest absolute Gasteiger partial charge is 0.439 e. The summed E-state index contributed by atoms with van der Waals surface area (Å²) in [5, 5.41) is 0.685. The first-order valence-corrected chi connectivity index (χ1v) is 7.46. The van der Waals surface area contributed by atoms with Gasteiger partial charge in [-0.25, -0.2) is 9.69 Å². The molecule has 116 valence electrons. The molecule has 0 bridgehead atoms. The third-order valence-corrected chi connectivity index (χ3v) is 4.51. The molecular weight excluding hydrogens is 331 g/mol. The van der Waals surface area contributed by atoms with Crippen molar-refractivity contribution < 1.29 is 19.1 Å². The number of imide groups is 1. The number of likely N-dealkylation sites (tertiary alicyclic amines) is 1. The maximum atomic E-state index is 12.4. The molecule has 0 N–H and O–H groups in total. The first-order valence-electron chi connectivity index (χ1n) is 6.70. The molecule has 0 aliphatic carbocycles. The molecule has 0 spiro atoms. The van der Waals surface area contributed by atoms with Crippen molar-refractivity contribution in [3.05, 3.63) is 33.8 Å². The van der Waals surface area contributed by atoms with Crippen LogP contribution in [0.15, 0.2) is 18.2 Å². The molecule has 3 amide bonds. The summed E-state index contributed by atoms with van der Waals surface area (Å²) in [6.07, 6.45) is -0.104. The molecule has 3 rings (SSSR count). The predicted octanol–water partition coefficient (Wildman–Crippen LogP) is 2.19. The van der Waals surface area contributed by atoms with E-state index in [1.54, 1.807) is 17.0 Å². The summed E-state index contributed by atoms with van der Waals surface area (Å²) in [6.45, 7) is 0.525. The van der Waals surface area contributed by atoms with Crippen molar-refractivity contribution in [2.45, 2.75) is 12.5 Å². The average molecular weight is 343 g/mol. The second-order valence-electron chi connectivity index (χ2n) is 5.14. The highest BCUT2D eigenvalue weighted by Gasteiger charge is 2.41. The van der Waals surface area contributed by atoms with Crippen molar-refractivity contribution in [2.24, 2.45) is 0 Å². The number of rotatable bonds is 2. The minimum Gasteiger partial charge on any atom is -0.439 e. The lowest BCUT2D eigenvalue weighted by molar-refractivity contribution is -0.127. The van der Waals surface area contributed by atoms with Crippen LogP contribution in [0.4, 0.5) is 4.79 Å². The van der Waals surface area contributed by atoms with Crippen molar-refractivity contribution in [1.29, 1.82) is 0 Å². The molecule has 6 nitrogen and oxygen atoms in total.